The molecule has 1 unspecified atom stereocenters. The Morgan fingerprint density at radius 2 is 1.50 bits per heavy atom. The molecule has 0 bridgehead atoms. The molecule has 2 aromatic carbocycles. The van der Waals surface area contributed by atoms with Crippen LogP contribution in [-0.4, -0.2) is 45.0 Å². The fraction of sp³-hybridized carbons (Fsp3) is 0.517. The van der Waals surface area contributed by atoms with Crippen LogP contribution >= 0.6 is 0 Å². The molecule has 0 N–H and O–H groups in total. The van der Waals surface area contributed by atoms with Crippen molar-refractivity contribution < 1.29 is 33.3 Å². The van der Waals surface area contributed by atoms with E-state index in [2.05, 4.69) is 27.7 Å². The van der Waals surface area contributed by atoms with E-state index < -0.39 is 5.97 Å². The summed E-state index contributed by atoms with van der Waals surface area (Å²) < 4.78 is 27.6. The molecule has 0 aromatic heterocycles. The maximum Gasteiger partial charge on any atom is 0.343 e. The van der Waals surface area contributed by atoms with E-state index in [0.29, 0.717) is 29.4 Å². The number of carbonyl (C=O) groups is 2. The van der Waals surface area contributed by atoms with E-state index in [-0.39, 0.29) is 35.9 Å². The van der Waals surface area contributed by atoms with Crippen LogP contribution in [0, 0.1) is 16.7 Å². The average Bonchev–Trinajstić information content (AvgIpc) is 2.81. The second-order valence-electron chi connectivity index (χ2n) is 10.7. The summed E-state index contributed by atoms with van der Waals surface area (Å²) >= 11 is 0. The van der Waals surface area contributed by atoms with Gasteiger partial charge < -0.3 is 23.7 Å². The van der Waals surface area contributed by atoms with E-state index in [1.54, 1.807) is 48.5 Å². The zero-order chi connectivity index (χ0) is 26.2. The topological polar surface area (TPSA) is 80.3 Å². The monoisotopic (exact) mass is 498 g/mol. The molecule has 3 rings (SSSR count). The van der Waals surface area contributed by atoms with E-state index in [0.717, 1.165) is 26.1 Å². The van der Waals surface area contributed by atoms with Crippen molar-refractivity contribution in [3.8, 4) is 17.2 Å². The van der Waals surface area contributed by atoms with Crippen LogP contribution in [-0.2, 0) is 14.3 Å². The van der Waals surface area contributed by atoms with E-state index in [9.17, 15) is 9.59 Å². The van der Waals surface area contributed by atoms with Crippen LogP contribution in [0.2, 0.25) is 0 Å². The molecule has 1 atom stereocenters. The van der Waals surface area contributed by atoms with Gasteiger partial charge in [0.05, 0.1) is 36.7 Å². The van der Waals surface area contributed by atoms with Gasteiger partial charge >= 0.3 is 11.9 Å². The molecular weight excluding hydrogens is 460 g/mol. The van der Waals surface area contributed by atoms with Crippen LogP contribution in [0.3, 0.4) is 0 Å². The maximum atomic E-state index is 12.5. The minimum Gasteiger partial charge on any atom is -0.493 e. The lowest BCUT2D eigenvalue weighted by Gasteiger charge is -2.40. The summed E-state index contributed by atoms with van der Waals surface area (Å²) in [6, 6.07) is 13.7. The zero-order valence-corrected chi connectivity index (χ0v) is 22.0. The van der Waals surface area contributed by atoms with Gasteiger partial charge in [0.15, 0.2) is 0 Å². The van der Waals surface area contributed by atoms with Crippen molar-refractivity contribution in [1.82, 2.24) is 0 Å². The van der Waals surface area contributed by atoms with Gasteiger partial charge in [-0.25, -0.2) is 4.79 Å². The molecule has 1 saturated heterocycles. The first-order valence-electron chi connectivity index (χ1n) is 12.5. The Kier molecular flexibility index (Phi) is 9.37. The normalized spacial score (nSPS) is 15.4. The van der Waals surface area contributed by atoms with E-state index >= 15 is 0 Å². The fourth-order valence-corrected chi connectivity index (χ4v) is 3.92. The number of carbonyl (C=O) groups excluding carboxylic acids is 2. The van der Waals surface area contributed by atoms with E-state index in [4.69, 9.17) is 23.7 Å². The molecule has 0 amide bonds. The first-order valence-corrected chi connectivity index (χ1v) is 12.5. The van der Waals surface area contributed by atoms with Gasteiger partial charge in [-0.2, -0.15) is 0 Å². The summed E-state index contributed by atoms with van der Waals surface area (Å²) in [4.78, 5) is 24.6. The van der Waals surface area contributed by atoms with Crippen molar-refractivity contribution in [3.63, 3.8) is 0 Å². The van der Waals surface area contributed by atoms with E-state index in [1.807, 2.05) is 6.92 Å². The third-order valence-electron chi connectivity index (χ3n) is 6.15. The van der Waals surface area contributed by atoms with Gasteiger partial charge in [-0.3, -0.25) is 4.79 Å². The first-order chi connectivity index (χ1) is 17.1. The molecule has 36 heavy (non-hydrogen) atoms. The van der Waals surface area contributed by atoms with Crippen LogP contribution < -0.4 is 14.2 Å². The predicted molar refractivity (Wildman–Crippen MR) is 137 cm³/mol. The van der Waals surface area contributed by atoms with Gasteiger partial charge in [-0.15, -0.1) is 0 Å². The summed E-state index contributed by atoms with van der Waals surface area (Å²) in [6.07, 6.45) is 1.77. The quantitative estimate of drug-likeness (QED) is 0.211. The molecule has 1 aliphatic heterocycles. The Bertz CT molecular complexity index is 980. The number of hydrogen-bond donors (Lipinski definition) is 0. The summed E-state index contributed by atoms with van der Waals surface area (Å²) in [5, 5.41) is 0. The minimum atomic E-state index is -0.455. The standard InChI is InChI=1S/C29H38O7/c1-6-29(18-32-19-29)20-35-24-9-7-22(8-10-24)27(31)36-25-13-11-23(12-14-25)33-15-16-34-26(30)21(2)17-28(3,4)5/h7-14,21H,6,15-20H2,1-5H3. The number of rotatable bonds is 12. The zero-order valence-electron chi connectivity index (χ0n) is 22.0. The summed E-state index contributed by atoms with van der Waals surface area (Å²) in [5.41, 5.74) is 0.603. The number of benzene rings is 2. The molecule has 7 heteroatoms. The number of hydrogen-bond acceptors (Lipinski definition) is 7. The first kappa shape index (κ1) is 27.5. The van der Waals surface area contributed by atoms with Crippen molar-refractivity contribution in [3.05, 3.63) is 54.1 Å². The van der Waals surface area contributed by atoms with Gasteiger partial charge in [0.25, 0.3) is 0 Å². The molecule has 1 fully saturated rings. The van der Waals surface area contributed by atoms with Gasteiger partial charge in [0.1, 0.15) is 30.5 Å². The van der Waals surface area contributed by atoms with Crippen LogP contribution in [0.5, 0.6) is 17.2 Å². The Morgan fingerprint density at radius 1 is 0.917 bits per heavy atom. The predicted octanol–water partition coefficient (Wildman–Crippen LogP) is 5.71. The lowest BCUT2D eigenvalue weighted by atomic mass is 9.84. The Hall–Kier alpha value is -3.06. The van der Waals surface area contributed by atoms with Crippen molar-refractivity contribution in [2.75, 3.05) is 33.0 Å². The van der Waals surface area contributed by atoms with Crippen molar-refractivity contribution >= 4 is 11.9 Å². The Morgan fingerprint density at radius 3 is 2.06 bits per heavy atom. The van der Waals surface area contributed by atoms with Crippen LogP contribution in [0.4, 0.5) is 0 Å². The highest BCUT2D eigenvalue weighted by Crippen LogP contribution is 2.32. The van der Waals surface area contributed by atoms with Crippen LogP contribution in [0.15, 0.2) is 48.5 Å². The average molecular weight is 499 g/mol. The van der Waals surface area contributed by atoms with Crippen molar-refractivity contribution in [2.24, 2.45) is 16.7 Å². The fourth-order valence-electron chi connectivity index (χ4n) is 3.92. The highest BCUT2D eigenvalue weighted by molar-refractivity contribution is 5.91. The number of esters is 2. The second kappa shape index (κ2) is 12.3. The lowest BCUT2D eigenvalue weighted by molar-refractivity contribution is -0.149. The molecule has 1 heterocycles. The van der Waals surface area contributed by atoms with Crippen LogP contribution in [0.1, 0.15) is 57.8 Å². The molecule has 0 saturated carbocycles. The summed E-state index contributed by atoms with van der Waals surface area (Å²) in [5.74, 6) is 0.888. The minimum absolute atomic E-state index is 0.0709. The number of ether oxygens (including phenoxy) is 5. The molecule has 0 radical (unpaired) electrons. The molecule has 196 valence electrons. The highest BCUT2D eigenvalue weighted by atomic mass is 16.6. The molecule has 0 spiro atoms. The molecule has 2 aromatic rings. The molecule has 1 aliphatic rings. The maximum absolute atomic E-state index is 12.5. The highest BCUT2D eigenvalue weighted by Gasteiger charge is 2.37. The third kappa shape index (κ3) is 8.26. The largest absolute Gasteiger partial charge is 0.493 e. The lowest BCUT2D eigenvalue weighted by Crippen LogP contribution is -2.46. The van der Waals surface area contributed by atoms with Gasteiger partial charge in [-0.05, 0) is 66.8 Å². The van der Waals surface area contributed by atoms with Crippen molar-refractivity contribution in [1.29, 1.82) is 0 Å². The molecular formula is C29H38O7. The smallest absolute Gasteiger partial charge is 0.343 e. The molecule has 0 aliphatic carbocycles. The van der Waals surface area contributed by atoms with Gasteiger partial charge in [0, 0.05) is 0 Å². The Balaban J connectivity index is 1.39. The second-order valence-corrected chi connectivity index (χ2v) is 10.7. The molecule has 7 nitrogen and oxygen atoms in total. The third-order valence-corrected chi connectivity index (χ3v) is 6.15. The van der Waals surface area contributed by atoms with E-state index in [1.165, 1.54) is 0 Å². The van der Waals surface area contributed by atoms with Crippen molar-refractivity contribution in [2.45, 2.75) is 47.5 Å². The SMILES string of the molecule is CCC1(COc2ccc(C(=O)Oc3ccc(OCCOC(=O)C(C)CC(C)(C)C)cc3)cc2)COC1. The van der Waals surface area contributed by atoms with Gasteiger partial charge in [-0.1, -0.05) is 34.6 Å². The Labute approximate surface area is 214 Å². The van der Waals surface area contributed by atoms with Gasteiger partial charge in [0.2, 0.25) is 0 Å². The summed E-state index contributed by atoms with van der Waals surface area (Å²) in [7, 11) is 0. The van der Waals surface area contributed by atoms with Crippen LogP contribution in [0.25, 0.3) is 0 Å². The summed E-state index contributed by atoms with van der Waals surface area (Å²) in [6.45, 7) is 12.8.